The highest BCUT2D eigenvalue weighted by Crippen LogP contribution is 2.31. The van der Waals surface area contributed by atoms with E-state index in [0.29, 0.717) is 30.3 Å². The average Bonchev–Trinajstić information content (AvgIpc) is 3.39. The quantitative estimate of drug-likeness (QED) is 0.686. The van der Waals surface area contributed by atoms with Gasteiger partial charge in [-0.2, -0.15) is 5.10 Å². The molecule has 8 heteroatoms. The summed E-state index contributed by atoms with van der Waals surface area (Å²) in [6.07, 6.45) is 3.92. The molecule has 1 saturated heterocycles. The van der Waals surface area contributed by atoms with Crippen molar-refractivity contribution in [2.75, 3.05) is 20.8 Å². The lowest BCUT2D eigenvalue weighted by atomic mass is 10.1. The molecule has 3 heterocycles. The number of carbonyl (C=O) groups excluding carboxylic acids is 1. The van der Waals surface area contributed by atoms with Crippen LogP contribution in [0, 0.1) is 0 Å². The van der Waals surface area contributed by atoms with Gasteiger partial charge in [0.25, 0.3) is 0 Å². The van der Waals surface area contributed by atoms with Crippen molar-refractivity contribution in [2.24, 2.45) is 0 Å². The largest absolute Gasteiger partial charge is 0.497 e. The van der Waals surface area contributed by atoms with Gasteiger partial charge in [-0.05, 0) is 18.2 Å². The second kappa shape index (κ2) is 7.24. The second-order valence-corrected chi connectivity index (χ2v) is 6.27. The molecule has 4 rings (SSSR count). The molecule has 140 valence electrons. The molecule has 0 saturated carbocycles. The van der Waals surface area contributed by atoms with Gasteiger partial charge >= 0.3 is 5.97 Å². The number of hydrogen-bond acceptors (Lipinski definition) is 7. The standard InChI is InChI=1S/C19H20N4O4/c1-25-12-4-5-14-15(8-12)22-18(23-7-3-6-21-23)10-17(14)27-13-9-16(20-11-13)19(24)26-2/h3-8,10,13,16,20H,9,11H2,1-2H3/t13-,16?/m1/s1. The van der Waals surface area contributed by atoms with Crippen LogP contribution in [0.4, 0.5) is 0 Å². The molecular formula is C19H20N4O4. The summed E-state index contributed by atoms with van der Waals surface area (Å²) in [5.41, 5.74) is 0.743. The molecule has 1 aliphatic heterocycles. The summed E-state index contributed by atoms with van der Waals surface area (Å²) in [6.45, 7) is 0.566. The van der Waals surface area contributed by atoms with E-state index in [1.54, 1.807) is 18.0 Å². The van der Waals surface area contributed by atoms with Gasteiger partial charge in [0.15, 0.2) is 5.82 Å². The summed E-state index contributed by atoms with van der Waals surface area (Å²) in [6, 6.07) is 8.99. The maximum absolute atomic E-state index is 11.7. The van der Waals surface area contributed by atoms with Gasteiger partial charge in [-0.15, -0.1) is 0 Å². The Hall–Kier alpha value is -3.13. The highest BCUT2D eigenvalue weighted by molar-refractivity contribution is 5.87. The number of nitrogens with one attached hydrogen (secondary N) is 1. The summed E-state index contributed by atoms with van der Waals surface area (Å²) >= 11 is 0. The van der Waals surface area contributed by atoms with Gasteiger partial charge < -0.3 is 19.5 Å². The predicted octanol–water partition coefficient (Wildman–Crippen LogP) is 1.71. The molecule has 1 fully saturated rings. The minimum absolute atomic E-state index is 0.146. The molecule has 1 unspecified atom stereocenters. The van der Waals surface area contributed by atoms with Crippen LogP contribution in [-0.4, -0.2) is 53.6 Å². The number of benzene rings is 1. The highest BCUT2D eigenvalue weighted by atomic mass is 16.5. The first-order chi connectivity index (χ1) is 13.2. The zero-order valence-electron chi connectivity index (χ0n) is 15.1. The van der Waals surface area contributed by atoms with E-state index in [1.807, 2.05) is 36.5 Å². The van der Waals surface area contributed by atoms with Crippen LogP contribution >= 0.6 is 0 Å². The van der Waals surface area contributed by atoms with E-state index in [-0.39, 0.29) is 18.1 Å². The number of methoxy groups -OCH3 is 2. The molecule has 0 spiro atoms. The Labute approximate surface area is 156 Å². The van der Waals surface area contributed by atoms with E-state index in [1.165, 1.54) is 7.11 Å². The fraction of sp³-hybridized carbons (Fsp3) is 0.316. The number of ether oxygens (including phenoxy) is 3. The summed E-state index contributed by atoms with van der Waals surface area (Å²) in [4.78, 5) is 16.4. The molecule has 3 aromatic rings. The van der Waals surface area contributed by atoms with E-state index in [0.717, 1.165) is 10.9 Å². The minimum atomic E-state index is -0.348. The lowest BCUT2D eigenvalue weighted by molar-refractivity contribution is -0.142. The summed E-state index contributed by atoms with van der Waals surface area (Å²) in [5, 5.41) is 8.25. The molecule has 0 amide bonds. The molecule has 1 aromatic carbocycles. The maximum Gasteiger partial charge on any atom is 0.323 e. The Morgan fingerprint density at radius 1 is 1.30 bits per heavy atom. The predicted molar refractivity (Wildman–Crippen MR) is 98.3 cm³/mol. The number of carbonyl (C=O) groups is 1. The monoisotopic (exact) mass is 368 g/mol. The van der Waals surface area contributed by atoms with Crippen LogP contribution in [0.1, 0.15) is 6.42 Å². The SMILES string of the molecule is COC(=O)C1C[C@@H](Oc2cc(-n3cccn3)nc3cc(OC)ccc23)CN1. The van der Waals surface area contributed by atoms with Crippen molar-refractivity contribution in [3.63, 3.8) is 0 Å². The number of aromatic nitrogens is 3. The van der Waals surface area contributed by atoms with Crippen molar-refractivity contribution in [2.45, 2.75) is 18.6 Å². The van der Waals surface area contributed by atoms with Gasteiger partial charge in [0.1, 0.15) is 23.6 Å². The van der Waals surface area contributed by atoms with E-state index >= 15 is 0 Å². The van der Waals surface area contributed by atoms with Gasteiger partial charge in [0.05, 0.1) is 19.7 Å². The van der Waals surface area contributed by atoms with Gasteiger partial charge in [0, 0.05) is 42.9 Å². The lowest BCUT2D eigenvalue weighted by Gasteiger charge is -2.16. The Morgan fingerprint density at radius 3 is 2.93 bits per heavy atom. The van der Waals surface area contributed by atoms with Crippen LogP contribution in [0.5, 0.6) is 11.5 Å². The first-order valence-corrected chi connectivity index (χ1v) is 8.64. The number of pyridine rings is 1. The fourth-order valence-corrected chi connectivity index (χ4v) is 3.20. The molecule has 1 N–H and O–H groups in total. The lowest BCUT2D eigenvalue weighted by Crippen LogP contribution is -2.31. The second-order valence-electron chi connectivity index (χ2n) is 6.27. The normalized spacial score (nSPS) is 19.2. The first-order valence-electron chi connectivity index (χ1n) is 8.64. The number of rotatable bonds is 5. The summed E-state index contributed by atoms with van der Waals surface area (Å²) in [7, 11) is 3.01. The van der Waals surface area contributed by atoms with Crippen LogP contribution in [0.2, 0.25) is 0 Å². The van der Waals surface area contributed by atoms with Gasteiger partial charge in [-0.3, -0.25) is 4.79 Å². The van der Waals surface area contributed by atoms with Crippen LogP contribution in [0.25, 0.3) is 16.7 Å². The topological polar surface area (TPSA) is 87.5 Å². The Morgan fingerprint density at radius 2 is 2.19 bits per heavy atom. The van der Waals surface area contributed by atoms with E-state index in [4.69, 9.17) is 14.2 Å². The molecule has 0 radical (unpaired) electrons. The molecule has 0 aliphatic carbocycles. The van der Waals surface area contributed by atoms with Crippen molar-refractivity contribution in [3.8, 4) is 17.3 Å². The van der Waals surface area contributed by atoms with Crippen molar-refractivity contribution < 1.29 is 19.0 Å². The first kappa shape index (κ1) is 17.3. The van der Waals surface area contributed by atoms with Crippen LogP contribution in [0.3, 0.4) is 0 Å². The van der Waals surface area contributed by atoms with Crippen molar-refractivity contribution in [1.29, 1.82) is 0 Å². The fourth-order valence-electron chi connectivity index (χ4n) is 3.20. The minimum Gasteiger partial charge on any atom is -0.497 e. The van der Waals surface area contributed by atoms with Crippen molar-refractivity contribution in [3.05, 3.63) is 42.7 Å². The molecule has 1 aliphatic rings. The highest BCUT2D eigenvalue weighted by Gasteiger charge is 2.31. The zero-order chi connectivity index (χ0) is 18.8. The molecule has 2 atom stereocenters. The molecule has 0 bridgehead atoms. The Kier molecular flexibility index (Phi) is 4.64. The Bertz CT molecular complexity index is 958. The third-order valence-electron chi connectivity index (χ3n) is 4.57. The molecule has 8 nitrogen and oxygen atoms in total. The number of fused-ring (bicyclic) bond motifs is 1. The number of esters is 1. The van der Waals surface area contributed by atoms with Crippen LogP contribution in [0.15, 0.2) is 42.7 Å². The van der Waals surface area contributed by atoms with Crippen molar-refractivity contribution in [1.82, 2.24) is 20.1 Å². The van der Waals surface area contributed by atoms with Gasteiger partial charge in [0.2, 0.25) is 0 Å². The zero-order valence-corrected chi connectivity index (χ0v) is 15.1. The number of hydrogen-bond donors (Lipinski definition) is 1. The molecular weight excluding hydrogens is 348 g/mol. The van der Waals surface area contributed by atoms with Crippen molar-refractivity contribution >= 4 is 16.9 Å². The van der Waals surface area contributed by atoms with Crippen LogP contribution < -0.4 is 14.8 Å². The third kappa shape index (κ3) is 3.43. The van der Waals surface area contributed by atoms with E-state index in [2.05, 4.69) is 15.4 Å². The Balaban J connectivity index is 1.69. The van der Waals surface area contributed by atoms with Crippen LogP contribution in [-0.2, 0) is 9.53 Å². The third-order valence-corrected chi connectivity index (χ3v) is 4.57. The molecule has 27 heavy (non-hydrogen) atoms. The average molecular weight is 368 g/mol. The maximum atomic E-state index is 11.7. The summed E-state index contributed by atoms with van der Waals surface area (Å²) < 4.78 is 18.0. The smallest absolute Gasteiger partial charge is 0.323 e. The summed E-state index contributed by atoms with van der Waals surface area (Å²) in [5.74, 6) is 1.77. The van der Waals surface area contributed by atoms with E-state index in [9.17, 15) is 4.79 Å². The van der Waals surface area contributed by atoms with E-state index < -0.39 is 0 Å². The molecule has 2 aromatic heterocycles. The van der Waals surface area contributed by atoms with Gasteiger partial charge in [-0.1, -0.05) is 0 Å². The van der Waals surface area contributed by atoms with Gasteiger partial charge in [-0.25, -0.2) is 9.67 Å². The number of nitrogens with zero attached hydrogens (tertiary/aromatic N) is 3.